The lowest BCUT2D eigenvalue weighted by atomic mass is 9.72. The molecule has 0 aromatic carbocycles. The number of aryl methyl sites for hydroxylation is 1. The van der Waals surface area contributed by atoms with Gasteiger partial charge in [0, 0.05) is 32.8 Å². The zero-order valence-electron chi connectivity index (χ0n) is 14.8. The molecule has 2 aliphatic heterocycles. The smallest absolute Gasteiger partial charge is 0.222 e. The number of amides is 1. The van der Waals surface area contributed by atoms with E-state index in [1.54, 1.807) is 19.5 Å². The van der Waals surface area contributed by atoms with E-state index in [1.807, 2.05) is 11.8 Å². The Hall–Kier alpha value is -1.53. The van der Waals surface area contributed by atoms with Gasteiger partial charge in [-0.2, -0.15) is 0 Å². The fourth-order valence-corrected chi connectivity index (χ4v) is 3.82. The van der Waals surface area contributed by atoms with Gasteiger partial charge in [-0.3, -0.25) is 14.8 Å². The van der Waals surface area contributed by atoms with Crippen LogP contribution in [-0.2, 0) is 16.1 Å². The molecule has 3 heterocycles. The van der Waals surface area contributed by atoms with E-state index in [2.05, 4.69) is 14.9 Å². The molecule has 3 rings (SSSR count). The monoisotopic (exact) mass is 332 g/mol. The minimum atomic E-state index is 0.254. The van der Waals surface area contributed by atoms with Crippen LogP contribution in [0.15, 0.2) is 12.4 Å². The van der Waals surface area contributed by atoms with Gasteiger partial charge in [-0.1, -0.05) is 0 Å². The molecule has 2 fully saturated rings. The van der Waals surface area contributed by atoms with Gasteiger partial charge >= 0.3 is 0 Å². The molecule has 0 radical (unpaired) electrons. The summed E-state index contributed by atoms with van der Waals surface area (Å²) in [5.74, 6) is 0.254. The topological polar surface area (TPSA) is 58.6 Å². The van der Waals surface area contributed by atoms with Gasteiger partial charge in [0.25, 0.3) is 0 Å². The van der Waals surface area contributed by atoms with Crippen molar-refractivity contribution in [3.05, 3.63) is 23.8 Å². The molecule has 0 N–H and O–H groups in total. The van der Waals surface area contributed by atoms with Gasteiger partial charge in [-0.15, -0.1) is 0 Å². The van der Waals surface area contributed by atoms with Crippen molar-refractivity contribution < 1.29 is 9.53 Å². The van der Waals surface area contributed by atoms with Crippen molar-refractivity contribution in [2.24, 2.45) is 5.41 Å². The van der Waals surface area contributed by atoms with Crippen molar-refractivity contribution in [1.82, 2.24) is 19.8 Å². The summed E-state index contributed by atoms with van der Waals surface area (Å²) in [4.78, 5) is 25.5. The first-order chi connectivity index (χ1) is 11.6. The third-order valence-electron chi connectivity index (χ3n) is 5.46. The van der Waals surface area contributed by atoms with Gasteiger partial charge in [0.15, 0.2) is 0 Å². The summed E-state index contributed by atoms with van der Waals surface area (Å²) in [6, 6.07) is 0. The quantitative estimate of drug-likeness (QED) is 0.820. The minimum absolute atomic E-state index is 0.254. The highest BCUT2D eigenvalue weighted by atomic mass is 16.5. The number of hydrogen-bond donors (Lipinski definition) is 0. The van der Waals surface area contributed by atoms with Crippen LogP contribution < -0.4 is 0 Å². The van der Waals surface area contributed by atoms with Gasteiger partial charge in [0.05, 0.1) is 30.7 Å². The largest absolute Gasteiger partial charge is 0.383 e. The average molecular weight is 332 g/mol. The highest BCUT2D eigenvalue weighted by Crippen LogP contribution is 2.40. The number of nitrogens with zero attached hydrogens (tertiary/aromatic N) is 4. The number of carbonyl (C=O) groups is 1. The third-order valence-corrected chi connectivity index (χ3v) is 5.46. The molecule has 24 heavy (non-hydrogen) atoms. The number of hydrogen-bond acceptors (Lipinski definition) is 5. The van der Waals surface area contributed by atoms with Crippen molar-refractivity contribution in [1.29, 1.82) is 0 Å². The summed E-state index contributed by atoms with van der Waals surface area (Å²) in [5, 5.41) is 0. The molecule has 0 saturated carbocycles. The predicted molar refractivity (Wildman–Crippen MR) is 91.4 cm³/mol. The first-order valence-corrected chi connectivity index (χ1v) is 8.87. The zero-order chi connectivity index (χ0) is 17.0. The van der Waals surface area contributed by atoms with Crippen LogP contribution in [0, 0.1) is 12.3 Å². The van der Waals surface area contributed by atoms with Crippen LogP contribution in [0.3, 0.4) is 0 Å². The van der Waals surface area contributed by atoms with Gasteiger partial charge < -0.3 is 14.5 Å². The molecule has 1 spiro atoms. The third kappa shape index (κ3) is 4.11. The number of aromatic nitrogens is 2. The van der Waals surface area contributed by atoms with Crippen LogP contribution in [0.5, 0.6) is 0 Å². The van der Waals surface area contributed by atoms with Crippen LogP contribution >= 0.6 is 0 Å². The average Bonchev–Trinajstić information content (AvgIpc) is 2.60. The molecule has 1 aromatic rings. The Kier molecular flexibility index (Phi) is 5.46. The number of rotatable bonds is 5. The number of likely N-dealkylation sites (tertiary alicyclic amines) is 2. The molecule has 6 nitrogen and oxygen atoms in total. The predicted octanol–water partition coefficient (Wildman–Crippen LogP) is 1.64. The molecule has 2 aliphatic rings. The SMILES string of the molecule is COCCN1CCC2(CCC(=O)N(Cc3cnc(C)cn3)C2)CC1. The lowest BCUT2D eigenvalue weighted by Gasteiger charge is -2.47. The maximum absolute atomic E-state index is 12.3. The molecular formula is C18H28N4O2. The normalized spacial score (nSPS) is 21.4. The Morgan fingerprint density at radius 2 is 2.00 bits per heavy atom. The second-order valence-electron chi connectivity index (χ2n) is 7.23. The summed E-state index contributed by atoms with van der Waals surface area (Å²) in [5.41, 5.74) is 2.07. The molecule has 132 valence electrons. The highest BCUT2D eigenvalue weighted by molar-refractivity contribution is 5.77. The fourth-order valence-electron chi connectivity index (χ4n) is 3.82. The van der Waals surface area contributed by atoms with E-state index in [0.717, 1.165) is 50.6 Å². The fraction of sp³-hybridized carbons (Fsp3) is 0.722. The number of piperidine rings is 2. The van der Waals surface area contributed by atoms with Crippen LogP contribution in [0.1, 0.15) is 37.1 Å². The van der Waals surface area contributed by atoms with Crippen LogP contribution in [0.2, 0.25) is 0 Å². The Morgan fingerprint density at radius 3 is 2.67 bits per heavy atom. The Labute approximate surface area is 144 Å². The van der Waals surface area contributed by atoms with E-state index >= 15 is 0 Å². The van der Waals surface area contributed by atoms with Gasteiger partial charge in [0.1, 0.15) is 0 Å². The van der Waals surface area contributed by atoms with E-state index < -0.39 is 0 Å². The Bertz CT molecular complexity index is 553. The van der Waals surface area contributed by atoms with Crippen LogP contribution in [0.4, 0.5) is 0 Å². The zero-order valence-corrected chi connectivity index (χ0v) is 14.8. The maximum atomic E-state index is 12.3. The van der Waals surface area contributed by atoms with E-state index in [4.69, 9.17) is 4.74 Å². The van der Waals surface area contributed by atoms with E-state index in [-0.39, 0.29) is 11.3 Å². The van der Waals surface area contributed by atoms with Gasteiger partial charge in [0.2, 0.25) is 5.91 Å². The highest BCUT2D eigenvalue weighted by Gasteiger charge is 2.40. The Balaban J connectivity index is 1.59. The van der Waals surface area contributed by atoms with E-state index in [9.17, 15) is 4.79 Å². The summed E-state index contributed by atoms with van der Waals surface area (Å²) < 4.78 is 5.18. The molecule has 0 unspecified atom stereocenters. The summed E-state index contributed by atoms with van der Waals surface area (Å²) in [6.45, 7) is 7.39. The molecule has 1 aromatic heterocycles. The lowest BCUT2D eigenvalue weighted by molar-refractivity contribution is -0.140. The second kappa shape index (κ2) is 7.57. The molecule has 0 bridgehead atoms. The summed E-state index contributed by atoms with van der Waals surface area (Å²) in [7, 11) is 1.75. The standard InChI is InChI=1S/C18H28N4O2/c1-15-11-20-16(12-19-15)13-22-14-18(4-3-17(22)23)5-7-21(8-6-18)9-10-24-2/h11-12H,3-10,13-14H2,1-2H3. The van der Waals surface area contributed by atoms with Gasteiger partial charge in [-0.25, -0.2) is 0 Å². The lowest BCUT2D eigenvalue weighted by Crippen LogP contribution is -2.51. The number of ether oxygens (including phenoxy) is 1. The van der Waals surface area contributed by atoms with Gasteiger partial charge in [-0.05, 0) is 44.7 Å². The van der Waals surface area contributed by atoms with E-state index in [1.165, 1.54) is 12.8 Å². The van der Waals surface area contributed by atoms with Crippen LogP contribution in [-0.4, -0.2) is 65.6 Å². The Morgan fingerprint density at radius 1 is 1.21 bits per heavy atom. The molecule has 1 amide bonds. The van der Waals surface area contributed by atoms with Crippen molar-refractivity contribution >= 4 is 5.91 Å². The van der Waals surface area contributed by atoms with Crippen LogP contribution in [0.25, 0.3) is 0 Å². The summed E-state index contributed by atoms with van der Waals surface area (Å²) in [6.07, 6.45) is 7.59. The molecule has 6 heteroatoms. The van der Waals surface area contributed by atoms with Crippen molar-refractivity contribution in [2.45, 2.75) is 39.2 Å². The molecule has 0 atom stereocenters. The number of carbonyl (C=O) groups excluding carboxylic acids is 1. The maximum Gasteiger partial charge on any atom is 0.222 e. The molecule has 0 aliphatic carbocycles. The van der Waals surface area contributed by atoms with Crippen molar-refractivity contribution in [3.8, 4) is 0 Å². The van der Waals surface area contributed by atoms with Crippen molar-refractivity contribution in [2.75, 3.05) is 39.9 Å². The van der Waals surface area contributed by atoms with E-state index in [0.29, 0.717) is 13.0 Å². The first-order valence-electron chi connectivity index (χ1n) is 8.87. The molecule has 2 saturated heterocycles. The second-order valence-corrected chi connectivity index (χ2v) is 7.23. The first kappa shape index (κ1) is 17.3. The number of methoxy groups -OCH3 is 1. The van der Waals surface area contributed by atoms with Crippen molar-refractivity contribution in [3.63, 3.8) is 0 Å². The minimum Gasteiger partial charge on any atom is -0.383 e. The summed E-state index contributed by atoms with van der Waals surface area (Å²) >= 11 is 0. The molecular weight excluding hydrogens is 304 g/mol.